The molecule has 4 rings (SSSR count). The Morgan fingerprint density at radius 2 is 1.97 bits per heavy atom. The summed E-state index contributed by atoms with van der Waals surface area (Å²) in [7, 11) is 3.08. The third-order valence-electron chi connectivity index (χ3n) is 5.93. The fourth-order valence-electron chi connectivity index (χ4n) is 4.14. The molecule has 0 spiro atoms. The first kappa shape index (κ1) is 21.2. The number of imide groups is 1. The smallest absolute Gasteiger partial charge is 0.333 e. The van der Waals surface area contributed by atoms with Crippen LogP contribution in [0.5, 0.6) is 0 Å². The van der Waals surface area contributed by atoms with Gasteiger partial charge in [-0.1, -0.05) is 0 Å². The largest absolute Gasteiger partial charge is 0.459 e. The Balaban J connectivity index is 1.48. The van der Waals surface area contributed by atoms with E-state index in [1.165, 1.54) is 18.2 Å². The Morgan fingerprint density at radius 3 is 2.61 bits per heavy atom. The standard InChI is InChI=1S/C20H27N6O5/c1-22-17-16(19(29)23(2)20(22)30)26(6-4-11-27)15(21-17)13-24-7-9-25(10-8-24)18(28)14-5-3-12-31-14/h3,5,12,16,27H,4,6-11,13H2,1-2H3/q+1. The highest BCUT2D eigenvalue weighted by Gasteiger charge is 2.52. The lowest BCUT2D eigenvalue weighted by atomic mass is 10.1. The summed E-state index contributed by atoms with van der Waals surface area (Å²) in [6, 6.07) is 2.29. The van der Waals surface area contributed by atoms with E-state index in [9.17, 15) is 19.5 Å². The van der Waals surface area contributed by atoms with Crippen LogP contribution in [-0.4, -0.2) is 125 Å². The minimum Gasteiger partial charge on any atom is -0.459 e. The molecule has 11 heteroatoms. The third-order valence-corrected chi connectivity index (χ3v) is 5.93. The van der Waals surface area contributed by atoms with E-state index in [2.05, 4.69) is 9.89 Å². The van der Waals surface area contributed by atoms with E-state index in [0.29, 0.717) is 63.1 Å². The van der Waals surface area contributed by atoms with Gasteiger partial charge < -0.3 is 14.4 Å². The number of hydrogen-bond acceptors (Lipinski definition) is 7. The molecule has 1 N–H and O–H groups in total. The minimum absolute atomic E-state index is 0.00179. The lowest BCUT2D eigenvalue weighted by Gasteiger charge is -2.33. The average molecular weight is 431 g/mol. The van der Waals surface area contributed by atoms with Crippen LogP contribution in [0.3, 0.4) is 0 Å². The lowest BCUT2D eigenvalue weighted by Crippen LogP contribution is -2.61. The number of fused-ring (bicyclic) bond motifs is 1. The first-order valence-corrected chi connectivity index (χ1v) is 10.3. The van der Waals surface area contributed by atoms with Crippen LogP contribution in [0.1, 0.15) is 17.0 Å². The molecule has 2 saturated heterocycles. The van der Waals surface area contributed by atoms with Crippen LogP contribution in [0, 0.1) is 0 Å². The monoisotopic (exact) mass is 431 g/mol. The van der Waals surface area contributed by atoms with Gasteiger partial charge in [-0.15, -0.1) is 0 Å². The van der Waals surface area contributed by atoms with Gasteiger partial charge in [0, 0.05) is 53.3 Å². The maximum atomic E-state index is 12.8. The Hall–Kier alpha value is -3.05. The molecule has 1 aromatic rings. The number of aliphatic hydroxyl groups is 1. The Labute approximate surface area is 179 Å². The molecule has 1 aromatic heterocycles. The van der Waals surface area contributed by atoms with Gasteiger partial charge in [0.2, 0.25) is 0 Å². The van der Waals surface area contributed by atoms with Crippen LogP contribution < -0.4 is 0 Å². The van der Waals surface area contributed by atoms with Gasteiger partial charge in [0.05, 0.1) is 12.8 Å². The van der Waals surface area contributed by atoms with Gasteiger partial charge >= 0.3 is 11.9 Å². The van der Waals surface area contributed by atoms with Crippen molar-refractivity contribution in [2.45, 2.75) is 12.5 Å². The zero-order valence-electron chi connectivity index (χ0n) is 17.7. The summed E-state index contributed by atoms with van der Waals surface area (Å²) >= 11 is 0. The highest BCUT2D eigenvalue weighted by Crippen LogP contribution is 2.20. The summed E-state index contributed by atoms with van der Waals surface area (Å²) < 4.78 is 7.09. The molecule has 0 saturated carbocycles. The zero-order chi connectivity index (χ0) is 22.1. The molecular weight excluding hydrogens is 404 g/mol. The maximum Gasteiger partial charge on any atom is 0.333 e. The lowest BCUT2D eigenvalue weighted by molar-refractivity contribution is -0.537. The molecule has 4 heterocycles. The molecule has 31 heavy (non-hydrogen) atoms. The fourth-order valence-corrected chi connectivity index (χ4v) is 4.14. The number of aliphatic imine (C=N–C) groups is 1. The topological polar surface area (TPSA) is 113 Å². The number of urea groups is 1. The van der Waals surface area contributed by atoms with E-state index < -0.39 is 12.1 Å². The summed E-state index contributed by atoms with van der Waals surface area (Å²) in [4.78, 5) is 48.7. The maximum absolute atomic E-state index is 12.8. The number of carbonyl (C=O) groups is 3. The van der Waals surface area contributed by atoms with Crippen molar-refractivity contribution in [3.8, 4) is 0 Å². The van der Waals surface area contributed by atoms with E-state index in [0.717, 1.165) is 4.90 Å². The normalized spacial score (nSPS) is 22.4. The molecule has 0 aliphatic carbocycles. The average Bonchev–Trinajstić information content (AvgIpc) is 3.43. The van der Waals surface area contributed by atoms with Crippen molar-refractivity contribution in [2.24, 2.45) is 4.99 Å². The molecule has 0 radical (unpaired) electrons. The number of hydrogen-bond donors (Lipinski definition) is 1. The van der Waals surface area contributed by atoms with E-state index in [4.69, 9.17) is 4.42 Å². The second-order valence-corrected chi connectivity index (χ2v) is 7.84. The number of rotatable bonds is 6. The molecule has 166 valence electrons. The number of nitrogens with zero attached hydrogens (tertiary/aromatic N) is 6. The van der Waals surface area contributed by atoms with Gasteiger partial charge in [-0.05, 0) is 17.1 Å². The molecule has 3 aliphatic rings. The summed E-state index contributed by atoms with van der Waals surface area (Å²) in [5.74, 6) is 1.02. The molecule has 1 unspecified atom stereocenters. The first-order chi connectivity index (χ1) is 14.9. The summed E-state index contributed by atoms with van der Waals surface area (Å²) in [5.41, 5.74) is 0. The van der Waals surface area contributed by atoms with E-state index >= 15 is 0 Å². The highest BCUT2D eigenvalue weighted by molar-refractivity contribution is 6.23. The molecule has 0 aromatic carbocycles. The van der Waals surface area contributed by atoms with Crippen molar-refractivity contribution in [1.82, 2.24) is 19.6 Å². The van der Waals surface area contributed by atoms with Crippen LogP contribution >= 0.6 is 0 Å². The van der Waals surface area contributed by atoms with Crippen molar-refractivity contribution >= 4 is 29.5 Å². The summed E-state index contributed by atoms with van der Waals surface area (Å²) in [6.07, 6.45) is 1.98. The van der Waals surface area contributed by atoms with Crippen LogP contribution in [0.4, 0.5) is 4.79 Å². The number of piperazine rings is 1. The van der Waals surface area contributed by atoms with Gasteiger partial charge in [0.15, 0.2) is 5.76 Å². The molecule has 4 amide bonds. The van der Waals surface area contributed by atoms with Gasteiger partial charge in [0.1, 0.15) is 6.54 Å². The Bertz CT molecular complexity index is 932. The SMILES string of the molecule is CN1C(=O)C2C(=NC(CN3CCN(C(=O)c4ccco4)CC3)=[N+]2CCCO)N(C)C1=O. The van der Waals surface area contributed by atoms with Crippen molar-refractivity contribution in [3.05, 3.63) is 24.2 Å². The first-order valence-electron chi connectivity index (χ1n) is 10.3. The van der Waals surface area contributed by atoms with Crippen molar-refractivity contribution in [3.63, 3.8) is 0 Å². The van der Waals surface area contributed by atoms with Crippen LogP contribution in [0.2, 0.25) is 0 Å². The second-order valence-electron chi connectivity index (χ2n) is 7.84. The van der Waals surface area contributed by atoms with Gasteiger partial charge in [-0.2, -0.15) is 0 Å². The van der Waals surface area contributed by atoms with Crippen LogP contribution in [-0.2, 0) is 4.79 Å². The Kier molecular flexibility index (Phi) is 5.88. The zero-order valence-corrected chi connectivity index (χ0v) is 17.7. The van der Waals surface area contributed by atoms with Crippen molar-refractivity contribution in [2.75, 3.05) is 60.0 Å². The second kappa shape index (κ2) is 8.60. The van der Waals surface area contributed by atoms with Gasteiger partial charge in [0.25, 0.3) is 23.7 Å². The van der Waals surface area contributed by atoms with Crippen LogP contribution in [0.25, 0.3) is 0 Å². The fraction of sp³-hybridized carbons (Fsp3) is 0.550. The van der Waals surface area contributed by atoms with Crippen molar-refractivity contribution < 1.29 is 28.5 Å². The third kappa shape index (κ3) is 3.86. The summed E-state index contributed by atoms with van der Waals surface area (Å²) in [5, 5.41) is 9.31. The van der Waals surface area contributed by atoms with E-state index in [-0.39, 0.29) is 18.4 Å². The Morgan fingerprint density at radius 1 is 1.23 bits per heavy atom. The molecule has 2 fully saturated rings. The van der Waals surface area contributed by atoms with Gasteiger partial charge in [-0.25, -0.2) is 9.37 Å². The van der Waals surface area contributed by atoms with E-state index in [1.54, 1.807) is 24.1 Å². The number of likely N-dealkylation sites (N-methyl/N-ethyl adjacent to an activating group) is 2. The van der Waals surface area contributed by atoms with Crippen LogP contribution in [0.15, 0.2) is 27.8 Å². The minimum atomic E-state index is -0.656. The highest BCUT2D eigenvalue weighted by atomic mass is 16.3. The molecule has 3 aliphatic heterocycles. The number of furan rings is 1. The molecule has 0 bridgehead atoms. The van der Waals surface area contributed by atoms with Crippen molar-refractivity contribution in [1.29, 1.82) is 0 Å². The molecular formula is C20H27N6O5+. The summed E-state index contributed by atoms with van der Waals surface area (Å²) in [6.45, 7) is 3.38. The number of carbonyl (C=O) groups excluding carboxylic acids is 3. The quantitative estimate of drug-likeness (QED) is 0.587. The van der Waals surface area contributed by atoms with E-state index in [1.807, 2.05) is 4.58 Å². The predicted molar refractivity (Wildman–Crippen MR) is 110 cm³/mol. The molecule has 11 nitrogen and oxygen atoms in total. The van der Waals surface area contributed by atoms with Gasteiger partial charge in [-0.3, -0.25) is 24.3 Å². The number of amides is 4. The number of aliphatic hydroxyl groups excluding tert-OH is 1. The predicted octanol–water partition coefficient (Wildman–Crippen LogP) is -0.865. The number of amidine groups is 2. The molecule has 1 atom stereocenters.